The third-order valence-electron chi connectivity index (χ3n) is 6.50. The second-order valence-corrected chi connectivity index (χ2v) is 13.1. The van der Waals surface area contributed by atoms with Crippen molar-refractivity contribution in [2.75, 3.05) is 17.1 Å². The van der Waals surface area contributed by atoms with Gasteiger partial charge in [-0.15, -0.1) is 0 Å². The summed E-state index contributed by atoms with van der Waals surface area (Å²) in [5.41, 5.74) is 3.28. The Bertz CT molecular complexity index is 1380. The normalized spacial score (nSPS) is 12.2. The molecule has 0 saturated carbocycles. The zero-order chi connectivity index (χ0) is 29.3. The molecular weight excluding hydrogens is 590 g/mol. The number of anilines is 1. The van der Waals surface area contributed by atoms with E-state index in [1.807, 2.05) is 87.5 Å². The molecule has 0 unspecified atom stereocenters. The number of aryl methyl sites for hydroxylation is 1. The standard InChI is InChI=1S/C31H38BrN3O4S/c1-23(2)33-31(37)29(21-25-12-6-5-7-13-25)34(22-26-16-18-27(32)19-17-26)30(36)15-10-20-35(40(4,38)39)28-14-9-8-11-24(28)3/h5-9,11-14,16-19,23,29H,10,15,20-22H2,1-4H3,(H,33,37)/t29-/m0/s1. The molecule has 0 fully saturated rings. The first-order valence-electron chi connectivity index (χ1n) is 13.4. The molecule has 3 aromatic rings. The number of benzene rings is 3. The fraction of sp³-hybridized carbons (Fsp3) is 0.355. The molecule has 0 aliphatic carbocycles. The molecule has 40 heavy (non-hydrogen) atoms. The highest BCUT2D eigenvalue weighted by Gasteiger charge is 2.31. The van der Waals surface area contributed by atoms with E-state index in [0.717, 1.165) is 21.2 Å². The number of carbonyl (C=O) groups is 2. The van der Waals surface area contributed by atoms with Crippen molar-refractivity contribution in [2.45, 2.75) is 58.7 Å². The van der Waals surface area contributed by atoms with Crippen molar-refractivity contribution in [1.82, 2.24) is 10.2 Å². The van der Waals surface area contributed by atoms with Crippen LogP contribution >= 0.6 is 15.9 Å². The largest absolute Gasteiger partial charge is 0.352 e. The molecule has 3 aromatic carbocycles. The second kappa shape index (κ2) is 14.5. The maximum Gasteiger partial charge on any atom is 0.243 e. The SMILES string of the molecule is Cc1ccccc1N(CCCC(=O)N(Cc1ccc(Br)cc1)[C@@H](Cc1ccccc1)C(=O)NC(C)C)S(C)(=O)=O. The summed E-state index contributed by atoms with van der Waals surface area (Å²) in [6, 6.07) is 23.8. The maximum atomic E-state index is 13.8. The number of carbonyl (C=O) groups excluding carboxylic acids is 2. The summed E-state index contributed by atoms with van der Waals surface area (Å²) in [5.74, 6) is -0.428. The van der Waals surface area contributed by atoms with Crippen LogP contribution < -0.4 is 9.62 Å². The van der Waals surface area contributed by atoms with Crippen LogP contribution in [0.5, 0.6) is 0 Å². The van der Waals surface area contributed by atoms with Crippen LogP contribution in [-0.4, -0.2) is 50.0 Å². The average molecular weight is 629 g/mol. The number of hydrogen-bond acceptors (Lipinski definition) is 4. The van der Waals surface area contributed by atoms with Crippen LogP contribution in [-0.2, 0) is 32.6 Å². The minimum atomic E-state index is -3.56. The molecule has 1 atom stereocenters. The summed E-state index contributed by atoms with van der Waals surface area (Å²) in [7, 11) is -3.56. The van der Waals surface area contributed by atoms with Gasteiger partial charge in [-0.25, -0.2) is 8.42 Å². The fourth-order valence-electron chi connectivity index (χ4n) is 4.55. The number of rotatable bonds is 13. The Morgan fingerprint density at radius 1 is 0.900 bits per heavy atom. The Kier molecular flexibility index (Phi) is 11.3. The predicted molar refractivity (Wildman–Crippen MR) is 165 cm³/mol. The van der Waals surface area contributed by atoms with E-state index in [1.54, 1.807) is 17.0 Å². The maximum absolute atomic E-state index is 13.8. The molecule has 214 valence electrons. The van der Waals surface area contributed by atoms with Crippen LogP contribution in [0.2, 0.25) is 0 Å². The van der Waals surface area contributed by atoms with Crippen LogP contribution in [0.25, 0.3) is 0 Å². The van der Waals surface area contributed by atoms with E-state index in [2.05, 4.69) is 21.2 Å². The van der Waals surface area contributed by atoms with Gasteiger partial charge in [-0.1, -0.05) is 76.6 Å². The van der Waals surface area contributed by atoms with Gasteiger partial charge in [0.05, 0.1) is 11.9 Å². The molecule has 0 spiro atoms. The summed E-state index contributed by atoms with van der Waals surface area (Å²) in [4.78, 5) is 29.0. The number of amides is 2. The molecule has 0 bridgehead atoms. The zero-order valence-corrected chi connectivity index (χ0v) is 25.9. The van der Waals surface area contributed by atoms with Gasteiger partial charge in [0, 0.05) is 36.4 Å². The third kappa shape index (κ3) is 9.20. The highest BCUT2D eigenvalue weighted by Crippen LogP contribution is 2.23. The van der Waals surface area contributed by atoms with Gasteiger partial charge >= 0.3 is 0 Å². The lowest BCUT2D eigenvalue weighted by atomic mass is 10.0. The number of nitrogens with zero attached hydrogens (tertiary/aromatic N) is 2. The van der Waals surface area contributed by atoms with Gasteiger partial charge in [-0.3, -0.25) is 13.9 Å². The lowest BCUT2D eigenvalue weighted by Gasteiger charge is -2.32. The van der Waals surface area contributed by atoms with E-state index in [9.17, 15) is 18.0 Å². The van der Waals surface area contributed by atoms with Crippen LogP contribution in [0.1, 0.15) is 43.4 Å². The molecule has 9 heteroatoms. The van der Waals surface area contributed by atoms with Crippen molar-refractivity contribution in [3.05, 3.63) is 100 Å². The molecule has 0 saturated heterocycles. The molecule has 2 amide bonds. The minimum absolute atomic E-state index is 0.0900. The Morgan fingerprint density at radius 3 is 2.12 bits per heavy atom. The Hall–Kier alpha value is -3.17. The number of nitrogens with one attached hydrogen (secondary N) is 1. The van der Waals surface area contributed by atoms with E-state index < -0.39 is 16.1 Å². The van der Waals surface area contributed by atoms with Crippen molar-refractivity contribution in [1.29, 1.82) is 0 Å². The molecule has 0 aliphatic rings. The zero-order valence-electron chi connectivity index (χ0n) is 23.5. The van der Waals surface area contributed by atoms with E-state index in [4.69, 9.17) is 0 Å². The second-order valence-electron chi connectivity index (χ2n) is 10.2. The van der Waals surface area contributed by atoms with Crippen molar-refractivity contribution in [2.24, 2.45) is 0 Å². The van der Waals surface area contributed by atoms with Crippen molar-refractivity contribution in [3.63, 3.8) is 0 Å². The summed E-state index contributed by atoms with van der Waals surface area (Å²) < 4.78 is 27.5. The van der Waals surface area contributed by atoms with Gasteiger partial charge in [0.25, 0.3) is 0 Å². The highest BCUT2D eigenvalue weighted by molar-refractivity contribution is 9.10. The lowest BCUT2D eigenvalue weighted by Crippen LogP contribution is -2.51. The summed E-state index contributed by atoms with van der Waals surface area (Å²) in [6.45, 7) is 6.05. The first-order chi connectivity index (χ1) is 19.0. The quantitative estimate of drug-likeness (QED) is 0.272. The number of para-hydroxylation sites is 1. The van der Waals surface area contributed by atoms with Crippen molar-refractivity contribution < 1.29 is 18.0 Å². The van der Waals surface area contributed by atoms with E-state index >= 15 is 0 Å². The van der Waals surface area contributed by atoms with Crippen LogP contribution in [0.3, 0.4) is 0 Å². The van der Waals surface area contributed by atoms with Crippen LogP contribution in [0.4, 0.5) is 5.69 Å². The van der Waals surface area contributed by atoms with Gasteiger partial charge in [0.2, 0.25) is 21.8 Å². The molecule has 0 aromatic heterocycles. The fourth-order valence-corrected chi connectivity index (χ4v) is 5.83. The number of hydrogen-bond donors (Lipinski definition) is 1. The Morgan fingerprint density at radius 2 is 1.52 bits per heavy atom. The van der Waals surface area contributed by atoms with Crippen molar-refractivity contribution >= 4 is 43.5 Å². The molecular formula is C31H38BrN3O4S. The van der Waals surface area contributed by atoms with Gasteiger partial charge in [-0.05, 0) is 62.1 Å². The van der Waals surface area contributed by atoms with Gasteiger partial charge < -0.3 is 10.2 Å². The predicted octanol–water partition coefficient (Wildman–Crippen LogP) is 5.47. The van der Waals surface area contributed by atoms with E-state index in [-0.39, 0.29) is 37.4 Å². The molecule has 0 heterocycles. The summed E-state index contributed by atoms with van der Waals surface area (Å²) in [5, 5.41) is 2.99. The van der Waals surface area contributed by atoms with Gasteiger partial charge in [0.1, 0.15) is 6.04 Å². The summed E-state index contributed by atoms with van der Waals surface area (Å²) in [6.07, 6.45) is 1.93. The van der Waals surface area contributed by atoms with E-state index in [1.165, 1.54) is 10.6 Å². The molecule has 1 N–H and O–H groups in total. The topological polar surface area (TPSA) is 86.8 Å². The Balaban J connectivity index is 1.88. The van der Waals surface area contributed by atoms with Gasteiger partial charge in [0.15, 0.2) is 0 Å². The number of halogens is 1. The van der Waals surface area contributed by atoms with Crippen LogP contribution in [0, 0.1) is 6.92 Å². The Labute approximate surface area is 246 Å². The highest BCUT2D eigenvalue weighted by atomic mass is 79.9. The first kappa shape index (κ1) is 31.4. The smallest absolute Gasteiger partial charge is 0.243 e. The molecule has 0 aliphatic heterocycles. The summed E-state index contributed by atoms with van der Waals surface area (Å²) >= 11 is 3.45. The molecule has 0 radical (unpaired) electrons. The molecule has 7 nitrogen and oxygen atoms in total. The monoisotopic (exact) mass is 627 g/mol. The lowest BCUT2D eigenvalue weighted by molar-refractivity contribution is -0.141. The number of sulfonamides is 1. The molecule has 3 rings (SSSR count). The minimum Gasteiger partial charge on any atom is -0.352 e. The van der Waals surface area contributed by atoms with Gasteiger partial charge in [-0.2, -0.15) is 0 Å². The van der Waals surface area contributed by atoms with Crippen LogP contribution in [0.15, 0.2) is 83.3 Å². The van der Waals surface area contributed by atoms with Crippen molar-refractivity contribution in [3.8, 4) is 0 Å². The first-order valence-corrected chi connectivity index (χ1v) is 16.0. The average Bonchev–Trinajstić information content (AvgIpc) is 2.89. The third-order valence-corrected chi connectivity index (χ3v) is 8.21. The van der Waals surface area contributed by atoms with E-state index in [0.29, 0.717) is 18.5 Å².